The van der Waals surface area contributed by atoms with Crippen LogP contribution in [0.4, 0.5) is 4.79 Å². The van der Waals surface area contributed by atoms with Crippen molar-refractivity contribution >= 4 is 22.0 Å². The number of amides is 1. The van der Waals surface area contributed by atoms with Crippen LogP contribution in [0, 0.1) is 0 Å². The van der Waals surface area contributed by atoms with Gasteiger partial charge in [0.2, 0.25) is 0 Å². The van der Waals surface area contributed by atoms with Gasteiger partial charge >= 0.3 is 6.09 Å². The molecule has 0 aliphatic heterocycles. The van der Waals surface area contributed by atoms with Gasteiger partial charge in [0.25, 0.3) is 0 Å². The van der Waals surface area contributed by atoms with Crippen LogP contribution in [0.3, 0.4) is 0 Å². The fourth-order valence-electron chi connectivity index (χ4n) is 1.23. The zero-order valence-electron chi connectivity index (χ0n) is 7.98. The SMILES string of the molecule is C=CCC(NC(=O)O)c1ccnc(Br)c1. The topological polar surface area (TPSA) is 62.2 Å². The molecule has 0 saturated heterocycles. The average Bonchev–Trinajstić information content (AvgIpc) is 2.16. The van der Waals surface area contributed by atoms with E-state index in [1.807, 2.05) is 0 Å². The molecule has 0 spiro atoms. The van der Waals surface area contributed by atoms with Gasteiger partial charge in [-0.1, -0.05) is 6.08 Å². The maximum Gasteiger partial charge on any atom is 0.405 e. The molecule has 80 valence electrons. The van der Waals surface area contributed by atoms with E-state index in [4.69, 9.17) is 5.11 Å². The summed E-state index contributed by atoms with van der Waals surface area (Å²) in [7, 11) is 0. The summed E-state index contributed by atoms with van der Waals surface area (Å²) in [5.41, 5.74) is 0.860. The van der Waals surface area contributed by atoms with Crippen molar-refractivity contribution in [3.05, 3.63) is 41.2 Å². The minimum atomic E-state index is -1.05. The van der Waals surface area contributed by atoms with Crippen LogP contribution < -0.4 is 5.32 Å². The van der Waals surface area contributed by atoms with Gasteiger partial charge in [-0.15, -0.1) is 6.58 Å². The number of nitrogens with one attached hydrogen (secondary N) is 1. The fraction of sp³-hybridized carbons (Fsp3) is 0.200. The molecular formula is C10H11BrN2O2. The van der Waals surface area contributed by atoms with Crippen LogP contribution in [0.25, 0.3) is 0 Å². The minimum Gasteiger partial charge on any atom is -0.465 e. The van der Waals surface area contributed by atoms with Crippen molar-refractivity contribution in [1.82, 2.24) is 10.3 Å². The molecule has 1 aromatic rings. The van der Waals surface area contributed by atoms with Crippen LogP contribution in [0.5, 0.6) is 0 Å². The van der Waals surface area contributed by atoms with Gasteiger partial charge in [0.15, 0.2) is 0 Å². The maximum atomic E-state index is 10.6. The standard InChI is InChI=1S/C10H11BrN2O2/c1-2-3-8(13-10(14)15)7-4-5-12-9(11)6-7/h2,4-6,8,13H,1,3H2,(H,14,15). The van der Waals surface area contributed by atoms with E-state index in [1.165, 1.54) is 0 Å². The molecule has 15 heavy (non-hydrogen) atoms. The van der Waals surface area contributed by atoms with Gasteiger partial charge in [0.05, 0.1) is 6.04 Å². The van der Waals surface area contributed by atoms with Gasteiger partial charge in [-0.2, -0.15) is 0 Å². The van der Waals surface area contributed by atoms with Gasteiger partial charge < -0.3 is 10.4 Å². The van der Waals surface area contributed by atoms with Crippen LogP contribution in [-0.2, 0) is 0 Å². The molecule has 0 aliphatic rings. The van der Waals surface area contributed by atoms with Crippen molar-refractivity contribution in [1.29, 1.82) is 0 Å². The Labute approximate surface area is 96.2 Å². The van der Waals surface area contributed by atoms with Gasteiger partial charge in [-0.3, -0.25) is 0 Å². The van der Waals surface area contributed by atoms with Crippen molar-refractivity contribution in [3.8, 4) is 0 Å². The number of nitrogens with zero attached hydrogens (tertiary/aromatic N) is 1. The molecular weight excluding hydrogens is 260 g/mol. The Morgan fingerprint density at radius 2 is 2.53 bits per heavy atom. The molecule has 0 aliphatic carbocycles. The second-order valence-electron chi connectivity index (χ2n) is 2.94. The summed E-state index contributed by atoms with van der Waals surface area (Å²) >= 11 is 3.24. The second-order valence-corrected chi connectivity index (χ2v) is 3.75. The van der Waals surface area contributed by atoms with Crippen LogP contribution in [0.1, 0.15) is 18.0 Å². The highest BCUT2D eigenvalue weighted by atomic mass is 79.9. The normalized spacial score (nSPS) is 11.8. The van der Waals surface area contributed by atoms with E-state index in [-0.39, 0.29) is 6.04 Å². The third kappa shape index (κ3) is 3.71. The number of hydrogen-bond acceptors (Lipinski definition) is 2. The van der Waals surface area contributed by atoms with Gasteiger partial charge in [0.1, 0.15) is 4.60 Å². The molecule has 1 rings (SSSR count). The Balaban J connectivity index is 2.87. The molecule has 4 nitrogen and oxygen atoms in total. The third-order valence-corrected chi connectivity index (χ3v) is 2.29. The van der Waals surface area contributed by atoms with Crippen LogP contribution >= 0.6 is 15.9 Å². The Morgan fingerprint density at radius 3 is 3.07 bits per heavy atom. The lowest BCUT2D eigenvalue weighted by Gasteiger charge is -2.15. The number of halogens is 1. The van der Waals surface area contributed by atoms with E-state index in [0.717, 1.165) is 5.56 Å². The molecule has 0 bridgehead atoms. The highest BCUT2D eigenvalue weighted by Crippen LogP contribution is 2.19. The van der Waals surface area contributed by atoms with Crippen molar-refractivity contribution in [3.63, 3.8) is 0 Å². The molecule has 5 heteroatoms. The summed E-state index contributed by atoms with van der Waals surface area (Å²) in [4.78, 5) is 14.5. The van der Waals surface area contributed by atoms with Crippen molar-refractivity contribution in [2.75, 3.05) is 0 Å². The molecule has 0 fully saturated rings. The van der Waals surface area contributed by atoms with E-state index in [1.54, 1.807) is 24.4 Å². The van der Waals surface area contributed by atoms with E-state index in [9.17, 15) is 4.79 Å². The summed E-state index contributed by atoms with van der Waals surface area (Å²) < 4.78 is 0.682. The Bertz CT molecular complexity index is 368. The van der Waals surface area contributed by atoms with Crippen molar-refractivity contribution in [2.45, 2.75) is 12.5 Å². The number of carboxylic acid groups (broad SMARTS) is 1. The molecule has 0 radical (unpaired) electrons. The first-order valence-electron chi connectivity index (χ1n) is 4.35. The maximum absolute atomic E-state index is 10.6. The van der Waals surface area contributed by atoms with Crippen LogP contribution in [0.15, 0.2) is 35.6 Å². The third-order valence-electron chi connectivity index (χ3n) is 1.85. The zero-order valence-corrected chi connectivity index (χ0v) is 9.57. The van der Waals surface area contributed by atoms with Gasteiger partial charge in [-0.25, -0.2) is 9.78 Å². The summed E-state index contributed by atoms with van der Waals surface area (Å²) in [5.74, 6) is 0. The van der Waals surface area contributed by atoms with Crippen LogP contribution in [-0.4, -0.2) is 16.2 Å². The molecule has 1 amide bonds. The molecule has 1 heterocycles. The Hall–Kier alpha value is -1.36. The Morgan fingerprint density at radius 1 is 1.80 bits per heavy atom. The summed E-state index contributed by atoms with van der Waals surface area (Å²) in [6, 6.07) is 3.28. The van der Waals surface area contributed by atoms with Crippen molar-refractivity contribution < 1.29 is 9.90 Å². The lowest BCUT2D eigenvalue weighted by Crippen LogP contribution is -2.26. The molecule has 0 saturated carbocycles. The minimum absolute atomic E-state index is 0.278. The molecule has 1 aromatic heterocycles. The van der Waals surface area contributed by atoms with E-state index >= 15 is 0 Å². The fourth-order valence-corrected chi connectivity index (χ4v) is 1.61. The lowest BCUT2D eigenvalue weighted by molar-refractivity contribution is 0.190. The lowest BCUT2D eigenvalue weighted by atomic mass is 10.1. The predicted molar refractivity (Wildman–Crippen MR) is 60.7 cm³/mol. The average molecular weight is 271 g/mol. The Kier molecular flexibility index (Phi) is 4.30. The van der Waals surface area contributed by atoms with E-state index in [0.29, 0.717) is 11.0 Å². The number of carbonyl (C=O) groups is 1. The smallest absolute Gasteiger partial charge is 0.405 e. The number of pyridine rings is 1. The zero-order chi connectivity index (χ0) is 11.3. The molecule has 2 N–H and O–H groups in total. The first kappa shape index (κ1) is 11.7. The quantitative estimate of drug-likeness (QED) is 0.653. The summed E-state index contributed by atoms with van der Waals surface area (Å²) in [6.07, 6.45) is 2.80. The summed E-state index contributed by atoms with van der Waals surface area (Å²) in [5, 5.41) is 11.1. The largest absolute Gasteiger partial charge is 0.465 e. The number of hydrogen-bond donors (Lipinski definition) is 2. The molecule has 1 unspecified atom stereocenters. The summed E-state index contributed by atoms with van der Waals surface area (Å²) in [6.45, 7) is 3.60. The predicted octanol–water partition coefficient (Wildman–Crippen LogP) is 2.73. The van der Waals surface area contributed by atoms with Crippen LogP contribution in [0.2, 0.25) is 0 Å². The first-order valence-corrected chi connectivity index (χ1v) is 5.14. The van der Waals surface area contributed by atoms with Gasteiger partial charge in [-0.05, 0) is 40.0 Å². The number of aromatic nitrogens is 1. The number of rotatable bonds is 4. The highest BCUT2D eigenvalue weighted by molar-refractivity contribution is 9.10. The second kappa shape index (κ2) is 5.50. The monoisotopic (exact) mass is 270 g/mol. The van der Waals surface area contributed by atoms with Crippen molar-refractivity contribution in [2.24, 2.45) is 0 Å². The highest BCUT2D eigenvalue weighted by Gasteiger charge is 2.12. The molecule has 0 aromatic carbocycles. The van der Waals surface area contributed by atoms with E-state index in [2.05, 4.69) is 32.8 Å². The first-order chi connectivity index (χ1) is 7.13. The van der Waals surface area contributed by atoms with E-state index < -0.39 is 6.09 Å². The molecule has 1 atom stereocenters. The van der Waals surface area contributed by atoms with Gasteiger partial charge in [0, 0.05) is 6.20 Å².